The normalized spacial score (nSPS) is 19.6. The fourth-order valence-electron chi connectivity index (χ4n) is 2.01. The molecule has 19 heavy (non-hydrogen) atoms. The van der Waals surface area contributed by atoms with Crippen molar-refractivity contribution < 1.29 is 13.2 Å². The van der Waals surface area contributed by atoms with Crippen LogP contribution in [0.5, 0.6) is 0 Å². The van der Waals surface area contributed by atoms with Crippen LogP contribution in [0.25, 0.3) is 0 Å². The van der Waals surface area contributed by atoms with Gasteiger partial charge in [0, 0.05) is 18.5 Å². The van der Waals surface area contributed by atoms with E-state index >= 15 is 0 Å². The molecule has 0 spiro atoms. The second-order valence-electron chi connectivity index (χ2n) is 4.63. The number of halogens is 1. The van der Waals surface area contributed by atoms with Crippen molar-refractivity contribution in [2.45, 2.75) is 31.9 Å². The molecule has 2 heterocycles. The molecule has 0 radical (unpaired) electrons. The summed E-state index contributed by atoms with van der Waals surface area (Å²) in [6, 6.07) is 0. The summed E-state index contributed by atoms with van der Waals surface area (Å²) in [4.78, 5) is 0. The molecule has 0 N–H and O–H groups in total. The first-order valence-electron chi connectivity index (χ1n) is 6.36. The van der Waals surface area contributed by atoms with Crippen molar-refractivity contribution in [3.8, 4) is 0 Å². The van der Waals surface area contributed by atoms with Crippen LogP contribution in [0, 0.1) is 0 Å². The Morgan fingerprint density at radius 2 is 2.16 bits per heavy atom. The summed E-state index contributed by atoms with van der Waals surface area (Å²) in [5.41, 5.74) is 0.874. The molecule has 1 aliphatic heterocycles. The van der Waals surface area contributed by atoms with Crippen LogP contribution >= 0.6 is 11.6 Å². The predicted octanol–water partition coefficient (Wildman–Crippen LogP) is 0.653. The molecular formula is C11H18ClN3O3S. The first-order valence-corrected chi connectivity index (χ1v) is 8.71. The van der Waals surface area contributed by atoms with E-state index in [-0.39, 0.29) is 17.6 Å². The van der Waals surface area contributed by atoms with Crippen LogP contribution in [-0.2, 0) is 27.5 Å². The number of hydrogen-bond donors (Lipinski definition) is 0. The smallest absolute Gasteiger partial charge is 0.150 e. The zero-order valence-electron chi connectivity index (χ0n) is 10.7. The molecule has 0 saturated carbocycles. The van der Waals surface area contributed by atoms with Crippen LogP contribution in [0.2, 0.25) is 0 Å². The fourth-order valence-corrected chi connectivity index (χ4v) is 3.65. The van der Waals surface area contributed by atoms with E-state index < -0.39 is 9.84 Å². The zero-order chi connectivity index (χ0) is 13.7. The number of hydrogen-bond acceptors (Lipinski definition) is 5. The molecule has 6 nitrogen and oxygen atoms in total. The molecule has 0 aromatic carbocycles. The Bertz CT molecular complexity index is 489. The van der Waals surface area contributed by atoms with Gasteiger partial charge in [-0.15, -0.1) is 16.7 Å². The highest BCUT2D eigenvalue weighted by molar-refractivity contribution is 7.91. The fraction of sp³-hybridized carbons (Fsp3) is 0.818. The molecule has 0 atom stereocenters. The molecule has 8 heteroatoms. The zero-order valence-corrected chi connectivity index (χ0v) is 12.2. The Morgan fingerprint density at radius 1 is 1.42 bits per heavy atom. The number of aromatic nitrogens is 3. The Kier molecular flexibility index (Phi) is 5.18. The summed E-state index contributed by atoms with van der Waals surface area (Å²) >= 11 is 5.62. The average Bonchev–Trinajstić information content (AvgIpc) is 2.80. The van der Waals surface area contributed by atoms with Crippen molar-refractivity contribution >= 4 is 21.4 Å². The topological polar surface area (TPSA) is 74.1 Å². The molecule has 1 fully saturated rings. The molecule has 0 bridgehead atoms. The summed E-state index contributed by atoms with van der Waals surface area (Å²) in [6.45, 7) is 1.15. The summed E-state index contributed by atoms with van der Waals surface area (Å²) in [7, 11) is -2.82. The second-order valence-corrected chi connectivity index (χ2v) is 7.32. The first-order chi connectivity index (χ1) is 9.09. The minimum absolute atomic E-state index is 0.0503. The molecule has 1 aromatic heterocycles. The van der Waals surface area contributed by atoms with Gasteiger partial charge in [-0.1, -0.05) is 5.21 Å². The van der Waals surface area contributed by atoms with E-state index in [0.29, 0.717) is 38.3 Å². The van der Waals surface area contributed by atoms with Crippen molar-refractivity contribution in [1.82, 2.24) is 15.0 Å². The van der Waals surface area contributed by atoms with Crippen molar-refractivity contribution in [2.24, 2.45) is 0 Å². The van der Waals surface area contributed by atoms with Crippen LogP contribution in [0.1, 0.15) is 18.5 Å². The van der Waals surface area contributed by atoms with Crippen LogP contribution in [0.4, 0.5) is 0 Å². The van der Waals surface area contributed by atoms with Crippen molar-refractivity contribution in [2.75, 3.05) is 24.0 Å². The quantitative estimate of drug-likeness (QED) is 0.722. The van der Waals surface area contributed by atoms with Gasteiger partial charge in [-0.25, -0.2) is 13.1 Å². The van der Waals surface area contributed by atoms with Crippen molar-refractivity contribution in [3.63, 3.8) is 0 Å². The summed E-state index contributed by atoms with van der Waals surface area (Å²) in [5.74, 6) is 1.01. The summed E-state index contributed by atoms with van der Waals surface area (Å²) in [6.07, 6.45) is 3.81. The van der Waals surface area contributed by atoms with Gasteiger partial charge in [-0.05, 0) is 12.8 Å². The lowest BCUT2D eigenvalue weighted by atomic mass is 10.2. The van der Waals surface area contributed by atoms with Gasteiger partial charge in [0.2, 0.25) is 0 Å². The third-order valence-electron chi connectivity index (χ3n) is 3.11. The first kappa shape index (κ1) is 14.7. The Balaban J connectivity index is 1.69. The van der Waals surface area contributed by atoms with E-state index in [2.05, 4.69) is 10.3 Å². The van der Waals surface area contributed by atoms with E-state index in [0.717, 1.165) is 5.69 Å². The minimum atomic E-state index is -2.82. The number of nitrogens with zero attached hydrogens (tertiary/aromatic N) is 3. The molecule has 1 aromatic rings. The van der Waals surface area contributed by atoms with Gasteiger partial charge < -0.3 is 4.74 Å². The SMILES string of the molecule is O=S1(=O)CCC(OCCn2cc(CCCl)nn2)CC1. The molecule has 2 rings (SSSR count). The minimum Gasteiger partial charge on any atom is -0.376 e. The number of aryl methyl sites for hydroxylation is 1. The maximum Gasteiger partial charge on any atom is 0.150 e. The highest BCUT2D eigenvalue weighted by atomic mass is 35.5. The monoisotopic (exact) mass is 307 g/mol. The molecule has 0 amide bonds. The lowest BCUT2D eigenvalue weighted by Crippen LogP contribution is -2.29. The largest absolute Gasteiger partial charge is 0.376 e. The van der Waals surface area contributed by atoms with Crippen LogP contribution in [-0.4, -0.2) is 53.5 Å². The Labute approximate surface area is 118 Å². The van der Waals surface area contributed by atoms with Gasteiger partial charge in [0.1, 0.15) is 0 Å². The maximum atomic E-state index is 11.3. The standard InChI is InChI=1S/C11H18ClN3O3S/c12-4-1-10-9-15(14-13-10)5-6-18-11-2-7-19(16,17)8-3-11/h9,11H,1-8H2. The maximum absolute atomic E-state index is 11.3. The van der Waals surface area contributed by atoms with E-state index in [4.69, 9.17) is 16.3 Å². The molecule has 0 aliphatic carbocycles. The van der Waals surface area contributed by atoms with Gasteiger partial charge in [0.15, 0.2) is 9.84 Å². The van der Waals surface area contributed by atoms with Gasteiger partial charge in [-0.3, -0.25) is 0 Å². The van der Waals surface area contributed by atoms with Gasteiger partial charge in [-0.2, -0.15) is 0 Å². The third-order valence-corrected chi connectivity index (χ3v) is 5.02. The number of rotatable bonds is 6. The third kappa shape index (κ3) is 4.74. The van der Waals surface area contributed by atoms with E-state index in [1.807, 2.05) is 6.20 Å². The lowest BCUT2D eigenvalue weighted by Gasteiger charge is -2.22. The highest BCUT2D eigenvalue weighted by Gasteiger charge is 2.23. The van der Waals surface area contributed by atoms with Gasteiger partial charge >= 0.3 is 0 Å². The molecular weight excluding hydrogens is 290 g/mol. The lowest BCUT2D eigenvalue weighted by molar-refractivity contribution is 0.0402. The molecule has 1 aliphatic rings. The highest BCUT2D eigenvalue weighted by Crippen LogP contribution is 2.15. The van der Waals surface area contributed by atoms with Crippen molar-refractivity contribution in [1.29, 1.82) is 0 Å². The Morgan fingerprint density at radius 3 is 2.84 bits per heavy atom. The molecule has 1 saturated heterocycles. The second kappa shape index (κ2) is 6.67. The van der Waals surface area contributed by atoms with E-state index in [1.165, 1.54) is 0 Å². The van der Waals surface area contributed by atoms with Crippen molar-refractivity contribution in [3.05, 3.63) is 11.9 Å². The Hall–Kier alpha value is -0.660. The van der Waals surface area contributed by atoms with E-state index in [1.54, 1.807) is 4.68 Å². The summed E-state index contributed by atoms with van der Waals surface area (Å²) < 4.78 is 29.9. The van der Waals surface area contributed by atoms with Crippen LogP contribution in [0.3, 0.4) is 0 Å². The van der Waals surface area contributed by atoms with Crippen LogP contribution in [0.15, 0.2) is 6.20 Å². The molecule has 0 unspecified atom stereocenters. The average molecular weight is 308 g/mol. The van der Waals surface area contributed by atoms with E-state index in [9.17, 15) is 8.42 Å². The predicted molar refractivity (Wildman–Crippen MR) is 72.1 cm³/mol. The molecule has 108 valence electrons. The van der Waals surface area contributed by atoms with Gasteiger partial charge in [0.25, 0.3) is 0 Å². The van der Waals surface area contributed by atoms with Crippen LogP contribution < -0.4 is 0 Å². The number of ether oxygens (including phenoxy) is 1. The number of sulfone groups is 1. The van der Waals surface area contributed by atoms with Gasteiger partial charge in [0.05, 0.1) is 36.5 Å². The summed E-state index contributed by atoms with van der Waals surface area (Å²) in [5, 5.41) is 7.96. The number of alkyl halides is 1.